The topological polar surface area (TPSA) is 83.1 Å². The number of carbonyl (C=O) groups excluding carboxylic acids is 2. The Morgan fingerprint density at radius 1 is 0.963 bits per heavy atom. The number of benzene rings is 1. The Morgan fingerprint density at radius 3 is 2.41 bits per heavy atom. The summed E-state index contributed by atoms with van der Waals surface area (Å²) in [4.78, 5) is 28.0. The van der Waals surface area contributed by atoms with Crippen LogP contribution in [0.4, 0.5) is 17.1 Å². The van der Waals surface area contributed by atoms with E-state index < -0.39 is 0 Å². The van der Waals surface area contributed by atoms with Gasteiger partial charge >= 0.3 is 0 Å². The molecule has 1 aromatic heterocycles. The van der Waals surface area contributed by atoms with Crippen LogP contribution in [0.1, 0.15) is 55.9 Å². The molecular weight excluding hydrogens is 340 g/mol. The molecule has 0 atom stereocenters. The third kappa shape index (κ3) is 5.81. The summed E-state index contributed by atoms with van der Waals surface area (Å²) in [5.74, 6) is -0.244. The van der Waals surface area contributed by atoms with Gasteiger partial charge in [-0.05, 0) is 43.2 Å². The van der Waals surface area contributed by atoms with Crippen molar-refractivity contribution >= 4 is 28.9 Å². The fraction of sp³-hybridized carbons (Fsp3) is 0.381. The maximum absolute atomic E-state index is 12.6. The lowest BCUT2D eigenvalue weighted by Gasteiger charge is -2.16. The third-order valence-electron chi connectivity index (χ3n) is 4.65. The molecule has 1 aromatic carbocycles. The van der Waals surface area contributed by atoms with Crippen LogP contribution >= 0.6 is 0 Å². The van der Waals surface area contributed by atoms with Gasteiger partial charge < -0.3 is 16.0 Å². The zero-order valence-corrected chi connectivity index (χ0v) is 15.6. The lowest BCUT2D eigenvalue weighted by atomic mass is 10.1. The van der Waals surface area contributed by atoms with Gasteiger partial charge in [-0.1, -0.05) is 31.7 Å². The summed E-state index contributed by atoms with van der Waals surface area (Å²) in [5, 5.41) is 9.13. The zero-order chi connectivity index (χ0) is 19.1. The van der Waals surface area contributed by atoms with Gasteiger partial charge in [-0.25, -0.2) is 0 Å². The smallest absolute Gasteiger partial charge is 0.270 e. The summed E-state index contributed by atoms with van der Waals surface area (Å²) in [6.45, 7) is 1.47. The van der Waals surface area contributed by atoms with Crippen LogP contribution in [0, 0.1) is 0 Å². The van der Waals surface area contributed by atoms with Gasteiger partial charge in [0.05, 0.1) is 0 Å². The Morgan fingerprint density at radius 2 is 1.67 bits per heavy atom. The average Bonchev–Trinajstić information content (AvgIpc) is 2.90. The first kappa shape index (κ1) is 18.9. The normalized spacial score (nSPS) is 14.9. The molecule has 142 valence electrons. The highest BCUT2D eigenvalue weighted by Crippen LogP contribution is 2.21. The summed E-state index contributed by atoms with van der Waals surface area (Å²) in [5.41, 5.74) is 2.72. The van der Waals surface area contributed by atoms with Gasteiger partial charge in [0.25, 0.3) is 5.91 Å². The lowest BCUT2D eigenvalue weighted by molar-refractivity contribution is -0.114. The van der Waals surface area contributed by atoms with Crippen molar-refractivity contribution in [2.45, 2.75) is 51.5 Å². The molecular formula is C21H26N4O2. The van der Waals surface area contributed by atoms with E-state index >= 15 is 0 Å². The molecule has 0 bridgehead atoms. The Bertz CT molecular complexity index is 798. The van der Waals surface area contributed by atoms with Crippen molar-refractivity contribution in [1.29, 1.82) is 0 Å². The summed E-state index contributed by atoms with van der Waals surface area (Å²) >= 11 is 0. The van der Waals surface area contributed by atoms with Crippen molar-refractivity contribution in [1.82, 2.24) is 10.3 Å². The van der Waals surface area contributed by atoms with Gasteiger partial charge in [-0.2, -0.15) is 0 Å². The third-order valence-corrected chi connectivity index (χ3v) is 4.65. The molecule has 0 spiro atoms. The molecule has 2 amide bonds. The van der Waals surface area contributed by atoms with Crippen molar-refractivity contribution in [2.75, 3.05) is 10.6 Å². The molecule has 0 unspecified atom stereocenters. The second-order valence-electron chi connectivity index (χ2n) is 6.98. The van der Waals surface area contributed by atoms with Crippen molar-refractivity contribution in [3.63, 3.8) is 0 Å². The maximum atomic E-state index is 12.6. The van der Waals surface area contributed by atoms with E-state index in [4.69, 9.17) is 0 Å². The van der Waals surface area contributed by atoms with Crippen molar-refractivity contribution in [3.05, 3.63) is 48.3 Å². The number of nitrogens with one attached hydrogen (secondary N) is 3. The molecule has 6 nitrogen and oxygen atoms in total. The summed E-state index contributed by atoms with van der Waals surface area (Å²) in [6.07, 6.45) is 8.56. The summed E-state index contributed by atoms with van der Waals surface area (Å²) in [6, 6.07) is 11.2. The Labute approximate surface area is 159 Å². The van der Waals surface area contributed by atoms with Gasteiger partial charge in [-0.3, -0.25) is 14.6 Å². The van der Waals surface area contributed by atoms with Gasteiger partial charge in [0, 0.05) is 36.2 Å². The molecule has 3 rings (SSSR count). The highest BCUT2D eigenvalue weighted by Gasteiger charge is 2.16. The number of hydrogen-bond acceptors (Lipinski definition) is 4. The van der Waals surface area contributed by atoms with Crippen molar-refractivity contribution in [3.8, 4) is 0 Å². The molecule has 1 heterocycles. The average molecular weight is 366 g/mol. The van der Waals surface area contributed by atoms with E-state index in [1.165, 1.54) is 32.6 Å². The van der Waals surface area contributed by atoms with E-state index in [0.717, 1.165) is 24.2 Å². The van der Waals surface area contributed by atoms with E-state index in [2.05, 4.69) is 20.9 Å². The van der Waals surface area contributed by atoms with E-state index in [9.17, 15) is 9.59 Å². The van der Waals surface area contributed by atoms with Gasteiger partial charge in [0.15, 0.2) is 0 Å². The number of rotatable bonds is 5. The van der Waals surface area contributed by atoms with Crippen LogP contribution in [0.15, 0.2) is 42.6 Å². The van der Waals surface area contributed by atoms with Gasteiger partial charge in [-0.15, -0.1) is 0 Å². The monoisotopic (exact) mass is 366 g/mol. The largest absolute Gasteiger partial charge is 0.355 e. The van der Waals surface area contributed by atoms with Crippen LogP contribution in [0.3, 0.4) is 0 Å². The lowest BCUT2D eigenvalue weighted by Crippen LogP contribution is -2.34. The minimum Gasteiger partial charge on any atom is -0.355 e. The van der Waals surface area contributed by atoms with Crippen molar-refractivity contribution in [2.24, 2.45) is 0 Å². The van der Waals surface area contributed by atoms with E-state index in [1.54, 1.807) is 12.3 Å². The predicted molar refractivity (Wildman–Crippen MR) is 107 cm³/mol. The molecule has 27 heavy (non-hydrogen) atoms. The number of aromatic nitrogens is 1. The number of hydrogen-bond donors (Lipinski definition) is 3. The van der Waals surface area contributed by atoms with Crippen LogP contribution in [0.25, 0.3) is 0 Å². The number of amides is 2. The quantitative estimate of drug-likeness (QED) is 0.691. The highest BCUT2D eigenvalue weighted by atomic mass is 16.2. The fourth-order valence-electron chi connectivity index (χ4n) is 3.36. The minimum atomic E-state index is -0.127. The second-order valence-corrected chi connectivity index (χ2v) is 6.98. The first-order chi connectivity index (χ1) is 13.1. The van der Waals surface area contributed by atoms with Crippen molar-refractivity contribution < 1.29 is 9.59 Å². The molecule has 0 radical (unpaired) electrons. The molecule has 2 aromatic rings. The molecule has 1 aliphatic carbocycles. The van der Waals surface area contributed by atoms with Crippen LogP contribution in [-0.4, -0.2) is 22.8 Å². The van der Waals surface area contributed by atoms with Crippen LogP contribution < -0.4 is 16.0 Å². The van der Waals surface area contributed by atoms with E-state index in [0.29, 0.717) is 11.4 Å². The summed E-state index contributed by atoms with van der Waals surface area (Å²) < 4.78 is 0. The fourth-order valence-corrected chi connectivity index (χ4v) is 3.36. The molecule has 1 saturated carbocycles. The Hall–Kier alpha value is -2.89. The molecule has 1 fully saturated rings. The van der Waals surface area contributed by atoms with Crippen LogP contribution in [0.5, 0.6) is 0 Å². The molecule has 1 aliphatic rings. The SMILES string of the molecule is CC(=O)Nc1cccc(Nc2ccnc(C(=O)NC3CCCCCC3)c2)c1. The number of carbonyl (C=O) groups is 2. The van der Waals surface area contributed by atoms with Crippen LogP contribution in [-0.2, 0) is 4.79 Å². The maximum Gasteiger partial charge on any atom is 0.270 e. The number of pyridine rings is 1. The molecule has 3 N–H and O–H groups in total. The molecule has 0 saturated heterocycles. The zero-order valence-electron chi connectivity index (χ0n) is 15.6. The van der Waals surface area contributed by atoms with E-state index in [1.807, 2.05) is 30.3 Å². The Kier molecular flexibility index (Phi) is 6.41. The summed E-state index contributed by atoms with van der Waals surface area (Å²) in [7, 11) is 0. The molecule has 0 aliphatic heterocycles. The van der Waals surface area contributed by atoms with Crippen LogP contribution in [0.2, 0.25) is 0 Å². The number of nitrogens with zero attached hydrogens (tertiary/aromatic N) is 1. The Balaban J connectivity index is 1.66. The first-order valence-corrected chi connectivity index (χ1v) is 9.52. The standard InChI is InChI=1S/C21H26N4O2/c1-15(26)23-17-9-6-10-18(13-17)24-19-11-12-22-20(14-19)21(27)25-16-7-4-2-3-5-8-16/h6,9-14,16H,2-5,7-8H2,1H3,(H,22,24)(H,23,26)(H,25,27). The first-order valence-electron chi connectivity index (χ1n) is 9.52. The second kappa shape index (κ2) is 9.16. The van der Waals surface area contributed by atoms with E-state index in [-0.39, 0.29) is 17.9 Å². The molecule has 6 heteroatoms. The predicted octanol–water partition coefficient (Wildman–Crippen LogP) is 4.24. The van der Waals surface area contributed by atoms with Gasteiger partial charge in [0.2, 0.25) is 5.91 Å². The number of anilines is 3. The minimum absolute atomic E-state index is 0.117. The van der Waals surface area contributed by atoms with Gasteiger partial charge in [0.1, 0.15) is 5.69 Å². The highest BCUT2D eigenvalue weighted by molar-refractivity contribution is 5.93.